The van der Waals surface area contributed by atoms with Crippen molar-refractivity contribution in [2.45, 2.75) is 13.1 Å². The van der Waals surface area contributed by atoms with Crippen molar-refractivity contribution in [1.82, 2.24) is 10.2 Å². The number of halogens is 2. The Kier molecular flexibility index (Phi) is 7.52. The molecule has 0 aliphatic rings. The highest BCUT2D eigenvalue weighted by Crippen LogP contribution is 2.29. The summed E-state index contributed by atoms with van der Waals surface area (Å²) in [6.45, 7) is 1.02. The first-order chi connectivity index (χ1) is 14.5. The Balaban J connectivity index is 1.72. The van der Waals surface area contributed by atoms with Gasteiger partial charge in [0.2, 0.25) is 5.91 Å². The van der Waals surface area contributed by atoms with Crippen LogP contribution in [0.3, 0.4) is 0 Å². The number of carbonyl (C=O) groups is 2. The number of benzene rings is 2. The maximum absolute atomic E-state index is 12.7. The summed E-state index contributed by atoms with van der Waals surface area (Å²) in [6, 6.07) is 15.9. The molecule has 2 aromatic carbocycles. The number of hydrogen-bond acceptors (Lipinski definition) is 4. The highest BCUT2D eigenvalue weighted by molar-refractivity contribution is 6.39. The number of hydrogen-bond donors (Lipinski definition) is 2. The van der Waals surface area contributed by atoms with E-state index in [1.54, 1.807) is 49.7 Å². The lowest BCUT2D eigenvalue weighted by molar-refractivity contribution is -0.117. The Labute approximate surface area is 184 Å². The monoisotopic (exact) mass is 445 g/mol. The van der Waals surface area contributed by atoms with Crippen LogP contribution in [-0.2, 0) is 17.9 Å². The van der Waals surface area contributed by atoms with Crippen LogP contribution in [-0.4, -0.2) is 30.3 Å². The Morgan fingerprint density at radius 2 is 1.67 bits per heavy atom. The predicted octanol–water partition coefficient (Wildman–Crippen LogP) is 4.59. The normalized spacial score (nSPS) is 10.8. The van der Waals surface area contributed by atoms with Crippen molar-refractivity contribution in [2.75, 3.05) is 18.9 Å². The smallest absolute Gasteiger partial charge is 0.251 e. The molecule has 0 bridgehead atoms. The molecule has 0 saturated heterocycles. The van der Waals surface area contributed by atoms with Crippen LogP contribution in [0.1, 0.15) is 21.7 Å². The molecular formula is C22H21Cl2N3O3. The van der Waals surface area contributed by atoms with Gasteiger partial charge in [-0.3, -0.25) is 14.5 Å². The fraction of sp³-hybridized carbons (Fsp3) is 0.182. The molecule has 0 radical (unpaired) electrons. The highest BCUT2D eigenvalue weighted by atomic mass is 35.5. The fourth-order valence-electron chi connectivity index (χ4n) is 2.95. The van der Waals surface area contributed by atoms with Gasteiger partial charge in [0.05, 0.1) is 35.1 Å². The predicted molar refractivity (Wildman–Crippen MR) is 118 cm³/mol. The van der Waals surface area contributed by atoms with Crippen molar-refractivity contribution < 1.29 is 14.0 Å². The summed E-state index contributed by atoms with van der Waals surface area (Å²) in [5.74, 6) is 0.337. The molecular weight excluding hydrogens is 425 g/mol. The first-order valence-electron chi connectivity index (χ1n) is 9.26. The van der Waals surface area contributed by atoms with Crippen LogP contribution in [0.15, 0.2) is 65.3 Å². The molecule has 30 heavy (non-hydrogen) atoms. The lowest BCUT2D eigenvalue weighted by Gasteiger charge is -2.21. The number of furan rings is 1. The first-order valence-corrected chi connectivity index (χ1v) is 10.0. The van der Waals surface area contributed by atoms with Gasteiger partial charge in [0.15, 0.2) is 0 Å². The molecule has 2 amide bonds. The average molecular weight is 446 g/mol. The van der Waals surface area contributed by atoms with Gasteiger partial charge in [-0.05, 0) is 42.0 Å². The third kappa shape index (κ3) is 5.86. The molecule has 156 valence electrons. The van der Waals surface area contributed by atoms with Gasteiger partial charge in [-0.1, -0.05) is 41.4 Å². The quantitative estimate of drug-likeness (QED) is 0.531. The zero-order valence-electron chi connectivity index (χ0n) is 16.3. The minimum absolute atomic E-state index is 0.0967. The van der Waals surface area contributed by atoms with Crippen molar-refractivity contribution in [2.24, 2.45) is 0 Å². The van der Waals surface area contributed by atoms with Crippen LogP contribution in [0, 0.1) is 0 Å². The van der Waals surface area contributed by atoms with Gasteiger partial charge in [-0.2, -0.15) is 0 Å². The Bertz CT molecular complexity index is 985. The molecule has 2 N–H and O–H groups in total. The third-order valence-electron chi connectivity index (χ3n) is 4.40. The Morgan fingerprint density at radius 3 is 2.27 bits per heavy atom. The van der Waals surface area contributed by atoms with E-state index in [-0.39, 0.29) is 18.4 Å². The van der Waals surface area contributed by atoms with E-state index in [9.17, 15) is 9.59 Å². The van der Waals surface area contributed by atoms with Crippen LogP contribution in [0.4, 0.5) is 5.69 Å². The number of anilines is 1. The van der Waals surface area contributed by atoms with Crippen molar-refractivity contribution in [3.8, 4) is 0 Å². The number of nitrogens with one attached hydrogen (secondary N) is 2. The summed E-state index contributed by atoms with van der Waals surface area (Å²) in [5.41, 5.74) is 1.92. The van der Waals surface area contributed by atoms with E-state index in [0.29, 0.717) is 34.4 Å². The molecule has 0 spiro atoms. The van der Waals surface area contributed by atoms with Gasteiger partial charge in [-0.25, -0.2) is 0 Å². The van der Waals surface area contributed by atoms with Gasteiger partial charge in [0.1, 0.15) is 5.76 Å². The zero-order valence-corrected chi connectivity index (χ0v) is 17.8. The van der Waals surface area contributed by atoms with E-state index in [4.69, 9.17) is 27.6 Å². The average Bonchev–Trinajstić information content (AvgIpc) is 3.24. The van der Waals surface area contributed by atoms with E-state index in [1.807, 2.05) is 23.1 Å². The van der Waals surface area contributed by atoms with Crippen LogP contribution in [0.2, 0.25) is 10.0 Å². The van der Waals surface area contributed by atoms with Gasteiger partial charge in [0.25, 0.3) is 5.91 Å². The third-order valence-corrected chi connectivity index (χ3v) is 5.03. The minimum atomic E-state index is -0.251. The summed E-state index contributed by atoms with van der Waals surface area (Å²) in [6.07, 6.45) is 1.59. The maximum atomic E-state index is 12.7. The van der Waals surface area contributed by atoms with Crippen molar-refractivity contribution in [3.63, 3.8) is 0 Å². The molecule has 3 rings (SSSR count). The molecule has 0 fully saturated rings. The van der Waals surface area contributed by atoms with Crippen LogP contribution in [0.5, 0.6) is 0 Å². The Morgan fingerprint density at radius 1 is 0.967 bits per heavy atom. The maximum Gasteiger partial charge on any atom is 0.251 e. The first kappa shape index (κ1) is 21.9. The lowest BCUT2D eigenvalue weighted by atomic mass is 10.1. The SMILES string of the molecule is CNC(=O)c1ccc(CN(CC(=O)Nc2c(Cl)cccc2Cl)Cc2ccco2)cc1. The minimum Gasteiger partial charge on any atom is -0.468 e. The number of carbonyl (C=O) groups excluding carboxylic acids is 2. The van der Waals surface area contributed by atoms with Gasteiger partial charge in [-0.15, -0.1) is 0 Å². The summed E-state index contributed by atoms with van der Waals surface area (Å²) >= 11 is 12.3. The van der Waals surface area contributed by atoms with E-state index < -0.39 is 0 Å². The second-order valence-corrected chi connectivity index (χ2v) is 7.46. The molecule has 0 saturated carbocycles. The highest BCUT2D eigenvalue weighted by Gasteiger charge is 2.16. The Hall–Kier alpha value is -2.80. The lowest BCUT2D eigenvalue weighted by Crippen LogP contribution is -2.32. The number of amides is 2. The number of nitrogens with zero attached hydrogens (tertiary/aromatic N) is 1. The fourth-order valence-corrected chi connectivity index (χ4v) is 3.45. The zero-order chi connectivity index (χ0) is 21.5. The molecule has 3 aromatic rings. The van der Waals surface area contributed by atoms with Crippen LogP contribution in [0.25, 0.3) is 0 Å². The standard InChI is InChI=1S/C22H21Cl2N3O3/c1-25-22(29)16-9-7-15(8-10-16)12-27(13-17-4-3-11-30-17)14-20(28)26-21-18(23)5-2-6-19(21)24/h2-11H,12-14H2,1H3,(H,25,29)(H,26,28). The van der Waals surface area contributed by atoms with Crippen molar-refractivity contribution in [3.05, 3.63) is 87.8 Å². The largest absolute Gasteiger partial charge is 0.468 e. The van der Waals surface area contributed by atoms with E-state index in [0.717, 1.165) is 11.3 Å². The van der Waals surface area contributed by atoms with Gasteiger partial charge >= 0.3 is 0 Å². The topological polar surface area (TPSA) is 74.6 Å². The summed E-state index contributed by atoms with van der Waals surface area (Å²) in [5, 5.41) is 6.12. The van der Waals surface area contributed by atoms with E-state index >= 15 is 0 Å². The molecule has 0 aliphatic heterocycles. The van der Waals surface area contributed by atoms with E-state index in [1.165, 1.54) is 0 Å². The summed E-state index contributed by atoms with van der Waals surface area (Å²) in [7, 11) is 1.59. The summed E-state index contributed by atoms with van der Waals surface area (Å²) in [4.78, 5) is 26.3. The summed E-state index contributed by atoms with van der Waals surface area (Å²) < 4.78 is 5.44. The molecule has 0 aliphatic carbocycles. The number of rotatable bonds is 8. The number of para-hydroxylation sites is 1. The molecule has 0 unspecified atom stereocenters. The molecule has 8 heteroatoms. The van der Waals surface area contributed by atoms with Gasteiger partial charge in [0, 0.05) is 19.2 Å². The van der Waals surface area contributed by atoms with Crippen LogP contribution < -0.4 is 10.6 Å². The molecule has 6 nitrogen and oxygen atoms in total. The second-order valence-electron chi connectivity index (χ2n) is 6.65. The molecule has 1 aromatic heterocycles. The van der Waals surface area contributed by atoms with Crippen molar-refractivity contribution >= 4 is 40.7 Å². The van der Waals surface area contributed by atoms with Gasteiger partial charge < -0.3 is 15.1 Å². The van der Waals surface area contributed by atoms with Crippen LogP contribution >= 0.6 is 23.2 Å². The second kappa shape index (κ2) is 10.3. The molecule has 0 atom stereocenters. The van der Waals surface area contributed by atoms with Crippen molar-refractivity contribution in [1.29, 1.82) is 0 Å². The molecule has 1 heterocycles. The van der Waals surface area contributed by atoms with E-state index in [2.05, 4.69) is 10.6 Å².